The fourth-order valence-electron chi connectivity index (χ4n) is 3.51. The summed E-state index contributed by atoms with van der Waals surface area (Å²) in [7, 11) is 0. The number of rotatable bonds is 4. The van der Waals surface area contributed by atoms with E-state index < -0.39 is 0 Å². The van der Waals surface area contributed by atoms with Crippen molar-refractivity contribution >= 4 is 27.5 Å². The third-order valence-electron chi connectivity index (χ3n) is 4.80. The van der Waals surface area contributed by atoms with Crippen LogP contribution in [0.25, 0.3) is 21.3 Å². The van der Waals surface area contributed by atoms with Crippen LogP contribution in [0.5, 0.6) is 5.88 Å². The molecule has 2 atom stereocenters. The van der Waals surface area contributed by atoms with Gasteiger partial charge in [0, 0.05) is 24.0 Å². The van der Waals surface area contributed by atoms with Crippen LogP contribution in [0.4, 0.5) is 0 Å². The van der Waals surface area contributed by atoms with Crippen molar-refractivity contribution in [1.29, 1.82) is 0 Å². The summed E-state index contributed by atoms with van der Waals surface area (Å²) in [5.41, 5.74) is 3.31. The zero-order valence-electron chi connectivity index (χ0n) is 16.2. The van der Waals surface area contributed by atoms with Gasteiger partial charge in [0.25, 0.3) is 5.91 Å². The molecule has 0 saturated carbocycles. The van der Waals surface area contributed by atoms with Crippen molar-refractivity contribution in [3.63, 3.8) is 0 Å². The van der Waals surface area contributed by atoms with Crippen molar-refractivity contribution in [2.75, 3.05) is 19.7 Å². The Bertz CT molecular complexity index is 976. The third kappa shape index (κ3) is 3.86. The van der Waals surface area contributed by atoms with Gasteiger partial charge >= 0.3 is 0 Å². The van der Waals surface area contributed by atoms with Crippen LogP contribution >= 0.6 is 11.3 Å². The molecule has 0 radical (unpaired) electrons. The summed E-state index contributed by atoms with van der Waals surface area (Å²) in [6.45, 7) is 7.13. The number of hydrogen-bond acceptors (Lipinski definition) is 6. The Balaban J connectivity index is 1.56. The van der Waals surface area contributed by atoms with Gasteiger partial charge in [-0.25, -0.2) is 9.97 Å². The molecule has 7 heteroatoms. The molecule has 0 N–H and O–H groups in total. The van der Waals surface area contributed by atoms with Crippen molar-refractivity contribution in [3.05, 3.63) is 41.5 Å². The van der Waals surface area contributed by atoms with Gasteiger partial charge in [-0.1, -0.05) is 29.8 Å². The second-order valence-corrected chi connectivity index (χ2v) is 8.08. The zero-order valence-corrected chi connectivity index (χ0v) is 17.0. The Kier molecular flexibility index (Phi) is 5.28. The Morgan fingerprint density at radius 1 is 1.21 bits per heavy atom. The predicted octanol–water partition coefficient (Wildman–Crippen LogP) is 3.68. The fourth-order valence-corrected chi connectivity index (χ4v) is 4.41. The van der Waals surface area contributed by atoms with Gasteiger partial charge in [-0.15, -0.1) is 11.3 Å². The van der Waals surface area contributed by atoms with Crippen LogP contribution in [0, 0.1) is 6.92 Å². The molecular weight excluding hydrogens is 374 g/mol. The normalized spacial score (nSPS) is 19.8. The molecule has 146 valence electrons. The van der Waals surface area contributed by atoms with E-state index >= 15 is 0 Å². The van der Waals surface area contributed by atoms with Gasteiger partial charge in [-0.2, -0.15) is 0 Å². The molecule has 0 bridgehead atoms. The van der Waals surface area contributed by atoms with Crippen molar-refractivity contribution in [3.8, 4) is 17.0 Å². The summed E-state index contributed by atoms with van der Waals surface area (Å²) in [6.07, 6.45) is 1.54. The number of aromatic nitrogens is 2. The van der Waals surface area contributed by atoms with E-state index in [4.69, 9.17) is 9.47 Å². The number of morpholine rings is 1. The molecular formula is C21H23N3O3S. The Morgan fingerprint density at radius 3 is 2.64 bits per heavy atom. The smallest absolute Gasteiger partial charge is 0.260 e. The van der Waals surface area contributed by atoms with Gasteiger partial charge < -0.3 is 14.4 Å². The molecule has 1 saturated heterocycles. The zero-order chi connectivity index (χ0) is 19.7. The molecule has 1 amide bonds. The van der Waals surface area contributed by atoms with Gasteiger partial charge in [0.15, 0.2) is 6.61 Å². The first-order valence-electron chi connectivity index (χ1n) is 9.36. The topological polar surface area (TPSA) is 64.6 Å². The van der Waals surface area contributed by atoms with E-state index in [9.17, 15) is 4.79 Å². The van der Waals surface area contributed by atoms with E-state index in [1.54, 1.807) is 16.2 Å². The van der Waals surface area contributed by atoms with Crippen molar-refractivity contribution in [2.24, 2.45) is 0 Å². The molecule has 0 spiro atoms. The highest BCUT2D eigenvalue weighted by Gasteiger charge is 2.26. The summed E-state index contributed by atoms with van der Waals surface area (Å²) in [4.78, 5) is 23.9. The minimum absolute atomic E-state index is 0.0310. The largest absolute Gasteiger partial charge is 0.467 e. The standard InChI is InChI=1S/C21H23N3O3S/c1-13-4-6-16(7-5-13)17-11-28-21-19(17)20(22-12-23-21)26-10-18(25)24-8-14(2)27-15(3)9-24/h4-7,11-12,14-15H,8-10H2,1-3H3/t14-,15-/m1/s1. The number of ether oxygens (including phenoxy) is 2. The number of nitrogens with zero attached hydrogens (tertiary/aromatic N) is 3. The first-order chi connectivity index (χ1) is 13.5. The molecule has 1 aromatic carbocycles. The number of hydrogen-bond donors (Lipinski definition) is 0. The summed E-state index contributed by atoms with van der Waals surface area (Å²) in [5, 5.41) is 2.91. The molecule has 3 aromatic rings. The average Bonchev–Trinajstić information content (AvgIpc) is 3.10. The van der Waals surface area contributed by atoms with Gasteiger partial charge in [-0.05, 0) is 26.3 Å². The minimum Gasteiger partial charge on any atom is -0.467 e. The second-order valence-electron chi connectivity index (χ2n) is 7.22. The molecule has 28 heavy (non-hydrogen) atoms. The lowest BCUT2D eigenvalue weighted by atomic mass is 10.0. The lowest BCUT2D eigenvalue weighted by molar-refractivity contribution is -0.145. The first-order valence-corrected chi connectivity index (χ1v) is 10.2. The number of amides is 1. The summed E-state index contributed by atoms with van der Waals surface area (Å²) in [5.74, 6) is 0.394. The number of aryl methyl sites for hydroxylation is 1. The van der Waals surface area contributed by atoms with Gasteiger partial charge in [0.1, 0.15) is 11.2 Å². The summed E-state index contributed by atoms with van der Waals surface area (Å²) < 4.78 is 11.6. The molecule has 1 aliphatic heterocycles. The predicted molar refractivity (Wildman–Crippen MR) is 110 cm³/mol. The van der Waals surface area contributed by atoms with E-state index in [0.29, 0.717) is 19.0 Å². The number of carbonyl (C=O) groups is 1. The molecule has 0 unspecified atom stereocenters. The van der Waals surface area contributed by atoms with Crippen LogP contribution in [-0.2, 0) is 9.53 Å². The van der Waals surface area contributed by atoms with Crippen molar-refractivity contribution in [1.82, 2.24) is 14.9 Å². The second kappa shape index (κ2) is 7.85. The van der Waals surface area contributed by atoms with E-state index in [1.165, 1.54) is 11.9 Å². The van der Waals surface area contributed by atoms with Crippen LogP contribution in [-0.4, -0.2) is 52.7 Å². The number of benzene rings is 1. The quantitative estimate of drug-likeness (QED) is 0.672. The number of thiophene rings is 1. The molecule has 6 nitrogen and oxygen atoms in total. The van der Waals surface area contributed by atoms with Crippen molar-refractivity contribution in [2.45, 2.75) is 33.0 Å². The summed E-state index contributed by atoms with van der Waals surface area (Å²) in [6, 6.07) is 8.31. The Morgan fingerprint density at radius 2 is 1.93 bits per heavy atom. The molecule has 0 aliphatic carbocycles. The van der Waals surface area contributed by atoms with E-state index in [-0.39, 0.29) is 24.7 Å². The maximum absolute atomic E-state index is 12.6. The van der Waals surface area contributed by atoms with Crippen molar-refractivity contribution < 1.29 is 14.3 Å². The Hall–Kier alpha value is -2.51. The third-order valence-corrected chi connectivity index (χ3v) is 5.69. The molecule has 1 aliphatic rings. The minimum atomic E-state index is -0.0547. The van der Waals surface area contributed by atoms with Gasteiger partial charge in [0.2, 0.25) is 5.88 Å². The first kappa shape index (κ1) is 18.8. The fraction of sp³-hybridized carbons (Fsp3) is 0.381. The van der Waals surface area contributed by atoms with Crippen LogP contribution in [0.3, 0.4) is 0 Å². The van der Waals surface area contributed by atoms with Crippen LogP contribution in [0.2, 0.25) is 0 Å². The highest BCUT2D eigenvalue weighted by molar-refractivity contribution is 7.17. The molecule has 3 heterocycles. The lowest BCUT2D eigenvalue weighted by Gasteiger charge is -2.35. The lowest BCUT2D eigenvalue weighted by Crippen LogP contribution is -2.49. The van der Waals surface area contributed by atoms with Crippen LogP contribution in [0.1, 0.15) is 19.4 Å². The highest BCUT2D eigenvalue weighted by Crippen LogP contribution is 2.37. The van der Waals surface area contributed by atoms with E-state index in [0.717, 1.165) is 21.3 Å². The van der Waals surface area contributed by atoms with Gasteiger partial charge in [-0.3, -0.25) is 4.79 Å². The Labute approximate surface area is 168 Å². The number of fused-ring (bicyclic) bond motifs is 1. The molecule has 4 rings (SSSR count). The summed E-state index contributed by atoms with van der Waals surface area (Å²) >= 11 is 1.55. The van der Waals surface area contributed by atoms with Crippen LogP contribution in [0.15, 0.2) is 36.0 Å². The van der Waals surface area contributed by atoms with Gasteiger partial charge in [0.05, 0.1) is 17.6 Å². The maximum atomic E-state index is 12.6. The number of carbonyl (C=O) groups excluding carboxylic acids is 1. The van der Waals surface area contributed by atoms with E-state index in [1.807, 2.05) is 13.8 Å². The average molecular weight is 398 g/mol. The monoisotopic (exact) mass is 397 g/mol. The van der Waals surface area contributed by atoms with Crippen LogP contribution < -0.4 is 4.74 Å². The molecule has 2 aromatic heterocycles. The molecule has 1 fully saturated rings. The van der Waals surface area contributed by atoms with E-state index in [2.05, 4.69) is 46.5 Å². The maximum Gasteiger partial charge on any atom is 0.260 e. The highest BCUT2D eigenvalue weighted by atomic mass is 32.1. The SMILES string of the molecule is Cc1ccc(-c2csc3ncnc(OCC(=O)N4C[C@@H](C)O[C@H](C)C4)c23)cc1.